The first-order chi connectivity index (χ1) is 10.5. The van der Waals surface area contributed by atoms with Gasteiger partial charge in [-0.15, -0.1) is 0 Å². The van der Waals surface area contributed by atoms with E-state index in [0.717, 1.165) is 17.3 Å². The number of unbranched alkanes of at least 4 members (excludes halogenated alkanes) is 1. The minimum absolute atomic E-state index is 0.214. The summed E-state index contributed by atoms with van der Waals surface area (Å²) in [6.45, 7) is 4.30. The number of aromatic amines is 1. The molecular weight excluding hydrogens is 344 g/mol. The summed E-state index contributed by atoms with van der Waals surface area (Å²) in [6.07, 6.45) is 6.04. The van der Waals surface area contributed by atoms with Gasteiger partial charge >= 0.3 is 0 Å². The Bertz CT molecular complexity index is 739. The van der Waals surface area contributed by atoms with E-state index in [0.29, 0.717) is 17.8 Å². The van der Waals surface area contributed by atoms with Crippen LogP contribution >= 0.6 is 15.9 Å². The third kappa shape index (κ3) is 3.65. The maximum Gasteiger partial charge on any atom is 0.278 e. The fourth-order valence-electron chi connectivity index (χ4n) is 2.21. The number of aryl methyl sites for hydroxylation is 1. The molecule has 0 aliphatic rings. The Kier molecular flexibility index (Phi) is 5.55. The van der Waals surface area contributed by atoms with Crippen LogP contribution in [0.4, 0.5) is 0 Å². The van der Waals surface area contributed by atoms with Crippen LogP contribution in [0.3, 0.4) is 0 Å². The Labute approximate surface area is 138 Å². The van der Waals surface area contributed by atoms with Crippen LogP contribution in [-0.2, 0) is 6.54 Å². The van der Waals surface area contributed by atoms with E-state index in [1.165, 1.54) is 4.68 Å². The molecule has 0 fully saturated rings. The Morgan fingerprint density at radius 1 is 1.27 bits per heavy atom. The molecule has 0 bridgehead atoms. The highest BCUT2D eigenvalue weighted by atomic mass is 79.9. The molecule has 0 amide bonds. The summed E-state index contributed by atoms with van der Waals surface area (Å²) in [7, 11) is 0. The highest BCUT2D eigenvalue weighted by molar-refractivity contribution is 9.10. The average molecular weight is 363 g/mol. The van der Waals surface area contributed by atoms with Crippen molar-refractivity contribution in [3.8, 4) is 0 Å². The number of hydrogen-bond acceptors (Lipinski definition) is 2. The summed E-state index contributed by atoms with van der Waals surface area (Å²) in [5.41, 5.74) is 1.05. The number of aromatic nitrogens is 2. The van der Waals surface area contributed by atoms with Crippen molar-refractivity contribution in [2.45, 2.75) is 33.2 Å². The van der Waals surface area contributed by atoms with Gasteiger partial charge in [0.15, 0.2) is 5.78 Å². The molecule has 0 unspecified atom stereocenters. The number of rotatable bonds is 6. The Hall–Kier alpha value is -1.88. The summed E-state index contributed by atoms with van der Waals surface area (Å²) < 4.78 is 2.36. The smallest absolute Gasteiger partial charge is 0.278 e. The highest BCUT2D eigenvalue weighted by Crippen LogP contribution is 2.14. The van der Waals surface area contributed by atoms with Gasteiger partial charge < -0.3 is 0 Å². The lowest BCUT2D eigenvalue weighted by Gasteiger charge is -1.98. The molecule has 1 heterocycles. The van der Waals surface area contributed by atoms with Gasteiger partial charge in [0.25, 0.3) is 5.56 Å². The number of nitrogens with one attached hydrogen (secondary N) is 1. The molecular formula is C17H19BrN2O2. The molecule has 116 valence electrons. The van der Waals surface area contributed by atoms with Gasteiger partial charge in [0.1, 0.15) is 5.56 Å². The molecule has 5 heteroatoms. The van der Waals surface area contributed by atoms with Crippen LogP contribution < -0.4 is 5.56 Å². The molecule has 0 aliphatic heterocycles. The van der Waals surface area contributed by atoms with E-state index in [-0.39, 0.29) is 16.9 Å². The Balaban J connectivity index is 2.28. The van der Waals surface area contributed by atoms with E-state index in [4.69, 9.17) is 0 Å². The molecule has 2 rings (SSSR count). The van der Waals surface area contributed by atoms with E-state index in [1.54, 1.807) is 31.2 Å². The third-order valence-corrected chi connectivity index (χ3v) is 3.91. The predicted octanol–water partition coefficient (Wildman–Crippen LogP) is 3.83. The summed E-state index contributed by atoms with van der Waals surface area (Å²) >= 11 is 3.33. The first-order valence-electron chi connectivity index (χ1n) is 7.29. The molecule has 1 aromatic heterocycles. The summed E-state index contributed by atoms with van der Waals surface area (Å²) in [5.74, 6) is -0.248. The highest BCUT2D eigenvalue weighted by Gasteiger charge is 2.19. The first kappa shape index (κ1) is 16.5. The summed E-state index contributed by atoms with van der Waals surface area (Å²) in [4.78, 5) is 24.9. The fraction of sp³-hybridized carbons (Fsp3) is 0.294. The van der Waals surface area contributed by atoms with Crippen LogP contribution in [0.2, 0.25) is 0 Å². The second-order valence-corrected chi connectivity index (χ2v) is 6.04. The number of carbonyl (C=O) groups is 1. The van der Waals surface area contributed by atoms with E-state index in [9.17, 15) is 9.59 Å². The van der Waals surface area contributed by atoms with Crippen molar-refractivity contribution < 1.29 is 4.79 Å². The zero-order chi connectivity index (χ0) is 16.1. The van der Waals surface area contributed by atoms with Crippen molar-refractivity contribution in [3.05, 3.63) is 68.1 Å². The molecule has 0 radical (unpaired) electrons. The van der Waals surface area contributed by atoms with Crippen LogP contribution in [-0.4, -0.2) is 15.6 Å². The van der Waals surface area contributed by atoms with Crippen molar-refractivity contribution in [2.75, 3.05) is 0 Å². The number of ketones is 1. The second kappa shape index (κ2) is 7.40. The van der Waals surface area contributed by atoms with Crippen molar-refractivity contribution in [1.29, 1.82) is 0 Å². The molecule has 4 nitrogen and oxygen atoms in total. The molecule has 2 aromatic rings. The van der Waals surface area contributed by atoms with E-state index >= 15 is 0 Å². The number of H-pyrrole nitrogens is 1. The normalized spacial score (nSPS) is 11.2. The van der Waals surface area contributed by atoms with Crippen LogP contribution in [0.1, 0.15) is 41.4 Å². The molecule has 0 saturated heterocycles. The molecule has 0 spiro atoms. The Morgan fingerprint density at radius 3 is 2.59 bits per heavy atom. The maximum atomic E-state index is 12.5. The molecule has 0 aliphatic carbocycles. The van der Waals surface area contributed by atoms with Crippen LogP contribution in [0.15, 0.2) is 45.7 Å². The number of halogens is 1. The van der Waals surface area contributed by atoms with Gasteiger partial charge in [-0.3, -0.25) is 14.7 Å². The lowest BCUT2D eigenvalue weighted by molar-refractivity contribution is 0.103. The molecule has 0 atom stereocenters. The molecule has 22 heavy (non-hydrogen) atoms. The van der Waals surface area contributed by atoms with Crippen molar-refractivity contribution >= 4 is 21.7 Å². The third-order valence-electron chi connectivity index (χ3n) is 3.38. The van der Waals surface area contributed by atoms with Crippen molar-refractivity contribution in [1.82, 2.24) is 9.78 Å². The fourth-order valence-corrected chi connectivity index (χ4v) is 2.47. The Morgan fingerprint density at radius 2 is 1.95 bits per heavy atom. The van der Waals surface area contributed by atoms with Gasteiger partial charge in [-0.1, -0.05) is 41.4 Å². The van der Waals surface area contributed by atoms with Gasteiger partial charge in [0.05, 0.1) is 6.54 Å². The molecule has 1 N–H and O–H groups in total. The zero-order valence-corrected chi connectivity index (χ0v) is 14.3. The van der Waals surface area contributed by atoms with Gasteiger partial charge in [0.2, 0.25) is 0 Å². The first-order valence-corrected chi connectivity index (χ1v) is 8.08. The van der Waals surface area contributed by atoms with Crippen LogP contribution in [0.25, 0.3) is 0 Å². The minimum atomic E-state index is -0.272. The van der Waals surface area contributed by atoms with Gasteiger partial charge in [-0.2, -0.15) is 0 Å². The largest absolute Gasteiger partial charge is 0.299 e. The van der Waals surface area contributed by atoms with E-state index < -0.39 is 0 Å². The predicted molar refractivity (Wildman–Crippen MR) is 91.4 cm³/mol. The van der Waals surface area contributed by atoms with Crippen LogP contribution in [0, 0.1) is 6.92 Å². The van der Waals surface area contributed by atoms with Gasteiger partial charge in [-0.25, -0.2) is 4.68 Å². The number of carbonyl (C=O) groups excluding carboxylic acids is 1. The number of benzene rings is 1. The SMILES string of the molecule is CCC/C=C/Cn1[nH]c(C)c(C(=O)c2ccc(Br)cc2)c1=O. The second-order valence-electron chi connectivity index (χ2n) is 5.12. The van der Waals surface area contributed by atoms with Crippen molar-refractivity contribution in [2.24, 2.45) is 0 Å². The maximum absolute atomic E-state index is 12.5. The summed E-state index contributed by atoms with van der Waals surface area (Å²) in [5, 5.41) is 2.97. The monoisotopic (exact) mass is 362 g/mol. The molecule has 0 saturated carbocycles. The quantitative estimate of drug-likeness (QED) is 0.626. The topological polar surface area (TPSA) is 54.9 Å². The van der Waals surface area contributed by atoms with E-state index in [1.807, 2.05) is 12.2 Å². The number of hydrogen-bond donors (Lipinski definition) is 1. The number of nitrogens with zero attached hydrogens (tertiary/aromatic N) is 1. The standard InChI is InChI=1S/C17H19BrN2O2/c1-3-4-5-6-11-20-17(22)15(12(2)19-20)16(21)13-7-9-14(18)10-8-13/h5-10,19H,3-4,11H2,1-2H3/b6-5+. The summed E-state index contributed by atoms with van der Waals surface area (Å²) in [6, 6.07) is 7.01. The van der Waals surface area contributed by atoms with Crippen LogP contribution in [0.5, 0.6) is 0 Å². The minimum Gasteiger partial charge on any atom is -0.299 e. The molecule has 1 aromatic carbocycles. The number of allylic oxidation sites excluding steroid dienone is 2. The van der Waals surface area contributed by atoms with Gasteiger partial charge in [-0.05, 0) is 37.6 Å². The average Bonchev–Trinajstić information content (AvgIpc) is 2.78. The zero-order valence-electron chi connectivity index (χ0n) is 12.7. The van der Waals surface area contributed by atoms with Gasteiger partial charge in [0, 0.05) is 15.7 Å². The van der Waals surface area contributed by atoms with Crippen molar-refractivity contribution in [3.63, 3.8) is 0 Å². The van der Waals surface area contributed by atoms with E-state index in [2.05, 4.69) is 28.0 Å². The lowest BCUT2D eigenvalue weighted by atomic mass is 10.0. The lowest BCUT2D eigenvalue weighted by Crippen LogP contribution is -2.21.